The highest BCUT2D eigenvalue weighted by Gasteiger charge is 2.25. The molecular weight excluding hydrogens is 248 g/mol. The number of aryl methyl sites for hydroxylation is 1. The van der Waals surface area contributed by atoms with Crippen LogP contribution in [0.2, 0.25) is 0 Å². The van der Waals surface area contributed by atoms with Crippen molar-refractivity contribution < 1.29 is 4.79 Å². The summed E-state index contributed by atoms with van der Waals surface area (Å²) in [7, 11) is 0. The average molecular weight is 274 g/mol. The number of benzene rings is 1. The van der Waals surface area contributed by atoms with E-state index in [1.54, 1.807) is 0 Å². The molecule has 1 saturated carbocycles. The van der Waals surface area contributed by atoms with E-state index in [-0.39, 0.29) is 23.9 Å². The largest absolute Gasteiger partial charge is 0.353 e. The van der Waals surface area contributed by atoms with Crippen molar-refractivity contribution in [3.05, 3.63) is 35.9 Å². The molecule has 1 aromatic carbocycles. The van der Waals surface area contributed by atoms with Crippen LogP contribution < -0.4 is 11.1 Å². The molecule has 0 aromatic heterocycles. The molecule has 0 heterocycles. The van der Waals surface area contributed by atoms with Crippen LogP contribution in [0.4, 0.5) is 0 Å². The summed E-state index contributed by atoms with van der Waals surface area (Å²) in [5.41, 5.74) is 7.28. The first-order valence-corrected chi connectivity index (χ1v) is 7.75. The van der Waals surface area contributed by atoms with Gasteiger partial charge in [0.05, 0.1) is 0 Å². The quantitative estimate of drug-likeness (QED) is 0.867. The first-order valence-electron chi connectivity index (χ1n) is 7.75. The molecule has 3 unspecified atom stereocenters. The summed E-state index contributed by atoms with van der Waals surface area (Å²) >= 11 is 0. The smallest absolute Gasteiger partial charge is 0.223 e. The Bertz CT molecular complexity index is 418. The highest BCUT2D eigenvalue weighted by molar-refractivity contribution is 5.79. The van der Waals surface area contributed by atoms with Gasteiger partial charge in [0.25, 0.3) is 0 Å². The van der Waals surface area contributed by atoms with Gasteiger partial charge in [0.1, 0.15) is 0 Å². The van der Waals surface area contributed by atoms with E-state index >= 15 is 0 Å². The molecule has 0 saturated heterocycles. The minimum absolute atomic E-state index is 0.123. The van der Waals surface area contributed by atoms with E-state index in [1.807, 2.05) is 6.07 Å². The highest BCUT2D eigenvalue weighted by Crippen LogP contribution is 2.23. The third kappa shape index (κ3) is 4.64. The summed E-state index contributed by atoms with van der Waals surface area (Å²) in [6, 6.07) is 10.8. The monoisotopic (exact) mass is 274 g/mol. The molecule has 0 bridgehead atoms. The molecule has 110 valence electrons. The third-order valence-corrected chi connectivity index (χ3v) is 4.18. The van der Waals surface area contributed by atoms with Gasteiger partial charge in [-0.2, -0.15) is 0 Å². The van der Waals surface area contributed by atoms with Crippen molar-refractivity contribution in [3.63, 3.8) is 0 Å². The van der Waals surface area contributed by atoms with Crippen molar-refractivity contribution in [3.8, 4) is 0 Å². The number of nitrogens with one attached hydrogen (secondary N) is 1. The van der Waals surface area contributed by atoms with Gasteiger partial charge in [-0.15, -0.1) is 0 Å². The Hall–Kier alpha value is -1.35. The fourth-order valence-electron chi connectivity index (χ4n) is 2.93. The normalized spacial score (nSPS) is 24.1. The van der Waals surface area contributed by atoms with Crippen LogP contribution in [0.5, 0.6) is 0 Å². The zero-order valence-corrected chi connectivity index (χ0v) is 12.3. The van der Waals surface area contributed by atoms with Crippen LogP contribution in [0.3, 0.4) is 0 Å². The number of carbonyl (C=O) groups is 1. The fourth-order valence-corrected chi connectivity index (χ4v) is 2.93. The molecule has 2 rings (SSSR count). The van der Waals surface area contributed by atoms with Crippen LogP contribution in [0.1, 0.15) is 44.6 Å². The molecule has 3 nitrogen and oxygen atoms in total. The Morgan fingerprint density at radius 2 is 2.10 bits per heavy atom. The van der Waals surface area contributed by atoms with Crippen molar-refractivity contribution in [2.24, 2.45) is 11.7 Å². The maximum absolute atomic E-state index is 12.2. The molecule has 1 aliphatic rings. The molecule has 1 aliphatic carbocycles. The predicted molar refractivity (Wildman–Crippen MR) is 82.3 cm³/mol. The van der Waals surface area contributed by atoms with Gasteiger partial charge in [-0.05, 0) is 44.6 Å². The predicted octanol–water partition coefficient (Wildman–Crippen LogP) is 2.64. The Kier molecular flexibility index (Phi) is 5.60. The second-order valence-corrected chi connectivity index (χ2v) is 6.06. The molecule has 0 aliphatic heterocycles. The van der Waals surface area contributed by atoms with Crippen LogP contribution in [0.25, 0.3) is 0 Å². The van der Waals surface area contributed by atoms with E-state index in [9.17, 15) is 4.79 Å². The first kappa shape index (κ1) is 15.0. The number of carbonyl (C=O) groups excluding carboxylic acids is 1. The molecule has 1 amide bonds. The lowest BCUT2D eigenvalue weighted by molar-refractivity contribution is -0.126. The van der Waals surface area contributed by atoms with Crippen LogP contribution in [-0.2, 0) is 11.2 Å². The molecule has 3 N–H and O–H groups in total. The molecular formula is C17H26N2O. The number of hydrogen-bond donors (Lipinski definition) is 2. The van der Waals surface area contributed by atoms with Crippen molar-refractivity contribution in [1.29, 1.82) is 0 Å². The van der Waals surface area contributed by atoms with Gasteiger partial charge >= 0.3 is 0 Å². The Morgan fingerprint density at radius 3 is 2.80 bits per heavy atom. The summed E-state index contributed by atoms with van der Waals surface area (Å²) in [5, 5.41) is 3.15. The van der Waals surface area contributed by atoms with Gasteiger partial charge in [-0.25, -0.2) is 0 Å². The molecule has 0 radical (unpaired) electrons. The maximum Gasteiger partial charge on any atom is 0.223 e. The SMILES string of the molecule is CC(CCc1ccccc1)NC(=O)C1CCCC(N)C1. The number of rotatable bonds is 5. The Balaban J connectivity index is 1.73. The Morgan fingerprint density at radius 1 is 1.35 bits per heavy atom. The topological polar surface area (TPSA) is 55.1 Å². The molecule has 20 heavy (non-hydrogen) atoms. The molecule has 3 atom stereocenters. The summed E-state index contributed by atoms with van der Waals surface area (Å²) < 4.78 is 0. The molecule has 3 heteroatoms. The van der Waals surface area contributed by atoms with Gasteiger partial charge in [-0.3, -0.25) is 4.79 Å². The van der Waals surface area contributed by atoms with Gasteiger partial charge in [0.15, 0.2) is 0 Å². The standard InChI is InChI=1S/C17H26N2O/c1-13(10-11-14-6-3-2-4-7-14)19-17(20)15-8-5-9-16(18)12-15/h2-4,6-7,13,15-16H,5,8-12,18H2,1H3,(H,19,20). The van der Waals surface area contributed by atoms with E-state index in [2.05, 4.69) is 36.5 Å². The number of hydrogen-bond acceptors (Lipinski definition) is 2. The second-order valence-electron chi connectivity index (χ2n) is 6.06. The van der Waals surface area contributed by atoms with Gasteiger partial charge in [0, 0.05) is 18.0 Å². The molecule has 1 aromatic rings. The summed E-state index contributed by atoms with van der Waals surface area (Å²) in [5.74, 6) is 0.318. The van der Waals surface area contributed by atoms with Crippen LogP contribution in [0.15, 0.2) is 30.3 Å². The van der Waals surface area contributed by atoms with Crippen LogP contribution >= 0.6 is 0 Å². The maximum atomic E-state index is 12.2. The van der Waals surface area contributed by atoms with Gasteiger partial charge < -0.3 is 11.1 Å². The first-order chi connectivity index (χ1) is 9.65. The van der Waals surface area contributed by atoms with Gasteiger partial charge in [0.2, 0.25) is 5.91 Å². The number of nitrogens with two attached hydrogens (primary N) is 1. The lowest BCUT2D eigenvalue weighted by Crippen LogP contribution is -2.41. The molecule has 1 fully saturated rings. The zero-order chi connectivity index (χ0) is 14.4. The lowest BCUT2D eigenvalue weighted by Gasteiger charge is -2.27. The summed E-state index contributed by atoms with van der Waals surface area (Å²) in [6.07, 6.45) is 5.97. The van der Waals surface area contributed by atoms with Crippen LogP contribution in [-0.4, -0.2) is 18.0 Å². The van der Waals surface area contributed by atoms with E-state index in [4.69, 9.17) is 5.73 Å². The van der Waals surface area contributed by atoms with Crippen molar-refractivity contribution in [2.75, 3.05) is 0 Å². The van der Waals surface area contributed by atoms with E-state index in [1.165, 1.54) is 5.56 Å². The third-order valence-electron chi connectivity index (χ3n) is 4.18. The fraction of sp³-hybridized carbons (Fsp3) is 0.588. The van der Waals surface area contributed by atoms with Crippen molar-refractivity contribution in [1.82, 2.24) is 5.32 Å². The summed E-state index contributed by atoms with van der Waals surface area (Å²) in [6.45, 7) is 2.09. The average Bonchev–Trinajstić information content (AvgIpc) is 2.46. The number of amides is 1. The van der Waals surface area contributed by atoms with Crippen LogP contribution in [0, 0.1) is 5.92 Å². The second kappa shape index (κ2) is 7.44. The minimum Gasteiger partial charge on any atom is -0.353 e. The van der Waals surface area contributed by atoms with Gasteiger partial charge in [-0.1, -0.05) is 36.8 Å². The lowest BCUT2D eigenvalue weighted by atomic mass is 9.85. The van der Waals surface area contributed by atoms with E-state index in [0.717, 1.165) is 38.5 Å². The van der Waals surface area contributed by atoms with Crippen molar-refractivity contribution >= 4 is 5.91 Å². The van der Waals surface area contributed by atoms with E-state index < -0.39 is 0 Å². The zero-order valence-electron chi connectivity index (χ0n) is 12.3. The molecule has 0 spiro atoms. The van der Waals surface area contributed by atoms with E-state index in [0.29, 0.717) is 0 Å². The summed E-state index contributed by atoms with van der Waals surface area (Å²) in [4.78, 5) is 12.2. The van der Waals surface area contributed by atoms with Crippen molar-refractivity contribution in [2.45, 2.75) is 57.5 Å². The minimum atomic E-state index is 0.123. The highest BCUT2D eigenvalue weighted by atomic mass is 16.1. The Labute approximate surface area is 121 Å².